The number of aromatic amines is 1. The predicted octanol–water partition coefficient (Wildman–Crippen LogP) is 1.93. The van der Waals surface area contributed by atoms with Gasteiger partial charge in [-0.15, -0.1) is 0 Å². The Balaban J connectivity index is 1.09. The summed E-state index contributed by atoms with van der Waals surface area (Å²) in [5.41, 5.74) is 0.903. The molecule has 10 nitrogen and oxygen atoms in total. The summed E-state index contributed by atoms with van der Waals surface area (Å²) in [4.78, 5) is 24.8. The highest BCUT2D eigenvalue weighted by Crippen LogP contribution is 2.51. The number of hydrogen-bond acceptors (Lipinski definition) is 6. The number of sulfonamides is 1. The van der Waals surface area contributed by atoms with Gasteiger partial charge < -0.3 is 15.4 Å². The molecule has 11 heteroatoms. The number of carbonyl (C=O) groups excluding carboxylic acids is 2. The number of alkyl carbamates (subject to hydrolysis) is 1. The van der Waals surface area contributed by atoms with Gasteiger partial charge in [0.05, 0.1) is 12.2 Å². The van der Waals surface area contributed by atoms with Crippen molar-refractivity contribution < 1.29 is 22.7 Å². The molecular formula is C21H31N5O5S. The van der Waals surface area contributed by atoms with Crippen molar-refractivity contribution in [3.8, 4) is 0 Å². The Morgan fingerprint density at radius 3 is 2.75 bits per heavy atom. The number of hydrogen-bond donors (Lipinski definition) is 3. The maximum Gasteiger partial charge on any atom is 0.407 e. The number of anilines is 1. The number of amides is 2. The molecule has 1 aliphatic heterocycles. The fourth-order valence-electron chi connectivity index (χ4n) is 5.91. The number of nitrogens with one attached hydrogen (secondary N) is 3. The third-order valence-corrected chi connectivity index (χ3v) is 8.96. The lowest BCUT2D eigenvalue weighted by Crippen LogP contribution is -2.52. The molecule has 4 aliphatic carbocycles. The second-order valence-electron chi connectivity index (χ2n) is 10.1. The lowest BCUT2D eigenvalue weighted by atomic mass is 9.77. The van der Waals surface area contributed by atoms with E-state index >= 15 is 0 Å². The van der Waals surface area contributed by atoms with Crippen LogP contribution >= 0.6 is 0 Å². The molecule has 0 aromatic carbocycles. The van der Waals surface area contributed by atoms with Crippen LogP contribution in [0.5, 0.6) is 0 Å². The monoisotopic (exact) mass is 465 g/mol. The van der Waals surface area contributed by atoms with Gasteiger partial charge in [0.15, 0.2) is 5.82 Å². The zero-order valence-electron chi connectivity index (χ0n) is 18.3. The summed E-state index contributed by atoms with van der Waals surface area (Å²) in [6.07, 6.45) is 8.11. The van der Waals surface area contributed by atoms with Crippen LogP contribution in [0.2, 0.25) is 0 Å². The summed E-state index contributed by atoms with van der Waals surface area (Å²) < 4.78 is 30.3. The number of fused-ring (bicyclic) bond motifs is 1. The molecule has 3 atom stereocenters. The minimum Gasteiger partial charge on any atom is -0.446 e. The Kier molecular flexibility index (Phi) is 5.43. The fourth-order valence-corrected chi connectivity index (χ4v) is 6.79. The molecule has 5 fully saturated rings. The largest absolute Gasteiger partial charge is 0.446 e. The third-order valence-electron chi connectivity index (χ3n) is 7.69. The van der Waals surface area contributed by atoms with Gasteiger partial charge in [0.1, 0.15) is 6.10 Å². The Bertz CT molecular complexity index is 996. The van der Waals surface area contributed by atoms with E-state index in [-0.39, 0.29) is 42.0 Å². The number of carbonyl (C=O) groups is 2. The van der Waals surface area contributed by atoms with E-state index < -0.39 is 10.0 Å². The summed E-state index contributed by atoms with van der Waals surface area (Å²) in [5.74, 6) is 0.815. The Hall–Kier alpha value is -2.14. The number of aromatic nitrogens is 2. The summed E-state index contributed by atoms with van der Waals surface area (Å²) in [7, 11) is -3.28. The number of H-pyrrole nitrogens is 1. The Morgan fingerprint density at radius 2 is 2.06 bits per heavy atom. The van der Waals surface area contributed by atoms with E-state index in [9.17, 15) is 18.0 Å². The highest BCUT2D eigenvalue weighted by molar-refractivity contribution is 7.88. The first-order valence-electron chi connectivity index (χ1n) is 11.5. The molecule has 2 heterocycles. The lowest BCUT2D eigenvalue weighted by Gasteiger charge is -2.38. The summed E-state index contributed by atoms with van der Waals surface area (Å²) in [6, 6.07) is 1.82. The molecule has 32 heavy (non-hydrogen) atoms. The molecule has 3 N–H and O–H groups in total. The van der Waals surface area contributed by atoms with Crippen LogP contribution in [0.1, 0.15) is 63.0 Å². The number of rotatable bonds is 6. The zero-order chi connectivity index (χ0) is 22.5. The van der Waals surface area contributed by atoms with Crippen molar-refractivity contribution in [2.45, 2.75) is 68.9 Å². The second kappa shape index (κ2) is 8.02. The molecule has 5 aliphatic rings. The van der Waals surface area contributed by atoms with Gasteiger partial charge >= 0.3 is 6.09 Å². The van der Waals surface area contributed by atoms with Crippen molar-refractivity contribution in [1.82, 2.24) is 19.8 Å². The van der Waals surface area contributed by atoms with Crippen molar-refractivity contribution in [2.75, 3.05) is 24.7 Å². The predicted molar refractivity (Wildman–Crippen MR) is 116 cm³/mol. The van der Waals surface area contributed by atoms with E-state index in [1.807, 2.05) is 6.07 Å². The first kappa shape index (κ1) is 21.7. The molecule has 1 aromatic heterocycles. The zero-order valence-corrected chi connectivity index (χ0v) is 19.1. The van der Waals surface area contributed by atoms with Crippen LogP contribution in [0.3, 0.4) is 0 Å². The van der Waals surface area contributed by atoms with Gasteiger partial charge in [-0.05, 0) is 57.3 Å². The van der Waals surface area contributed by atoms with Crippen LogP contribution in [-0.4, -0.2) is 65.9 Å². The quantitative estimate of drug-likeness (QED) is 0.588. The Morgan fingerprint density at radius 1 is 1.25 bits per heavy atom. The summed E-state index contributed by atoms with van der Waals surface area (Å²) in [5, 5.41) is 13.1. The molecule has 6 rings (SSSR count). The minimum atomic E-state index is -3.28. The minimum absolute atomic E-state index is 0.00605. The number of ether oxygens (including phenoxy) is 1. The van der Waals surface area contributed by atoms with Gasteiger partial charge in [0.2, 0.25) is 15.9 Å². The molecule has 176 valence electrons. The first-order valence-corrected chi connectivity index (χ1v) is 13.3. The normalized spacial score (nSPS) is 34.3. The van der Waals surface area contributed by atoms with Crippen molar-refractivity contribution in [3.05, 3.63) is 11.8 Å². The van der Waals surface area contributed by atoms with Gasteiger partial charge in [-0.1, -0.05) is 0 Å². The van der Waals surface area contributed by atoms with Gasteiger partial charge in [0, 0.05) is 36.3 Å². The van der Waals surface area contributed by atoms with Crippen molar-refractivity contribution >= 4 is 27.8 Å². The van der Waals surface area contributed by atoms with Gasteiger partial charge in [-0.2, -0.15) is 5.10 Å². The molecule has 0 radical (unpaired) electrons. The second-order valence-corrected chi connectivity index (χ2v) is 12.0. The average Bonchev–Trinajstić information content (AvgIpc) is 3.48. The lowest BCUT2D eigenvalue weighted by molar-refractivity contribution is -0.119. The average molecular weight is 466 g/mol. The van der Waals surface area contributed by atoms with Crippen molar-refractivity contribution in [3.63, 3.8) is 0 Å². The SMILES string of the molecule is CS(=O)(=O)N1CC[C@@H](C(=O)Nc2cc([C@H]3CC[C@@H](OC(=O)NC45CCC(C4)C5)C3)[nH]n2)C1. The molecule has 4 saturated carbocycles. The topological polar surface area (TPSA) is 133 Å². The molecule has 1 aromatic rings. The van der Waals surface area contributed by atoms with Crippen LogP contribution in [-0.2, 0) is 19.6 Å². The maximum atomic E-state index is 12.5. The van der Waals surface area contributed by atoms with Crippen LogP contribution in [0, 0.1) is 11.8 Å². The van der Waals surface area contributed by atoms with Crippen molar-refractivity contribution in [1.29, 1.82) is 0 Å². The smallest absolute Gasteiger partial charge is 0.407 e. The fraction of sp³-hybridized carbons (Fsp3) is 0.762. The molecule has 0 spiro atoms. The summed E-state index contributed by atoms with van der Waals surface area (Å²) in [6.45, 7) is 0.565. The first-order chi connectivity index (χ1) is 15.2. The van der Waals surface area contributed by atoms with Crippen LogP contribution in [0.15, 0.2) is 6.07 Å². The molecular weight excluding hydrogens is 434 g/mol. The highest BCUT2D eigenvalue weighted by Gasteiger charge is 2.51. The highest BCUT2D eigenvalue weighted by atomic mass is 32.2. The third kappa shape index (κ3) is 4.36. The van der Waals surface area contributed by atoms with E-state index in [2.05, 4.69) is 20.8 Å². The van der Waals surface area contributed by atoms with E-state index in [0.717, 1.165) is 56.4 Å². The molecule has 2 amide bonds. The van der Waals surface area contributed by atoms with Crippen LogP contribution in [0.25, 0.3) is 0 Å². The molecule has 1 saturated heterocycles. The van der Waals surface area contributed by atoms with Gasteiger partial charge in [0.25, 0.3) is 0 Å². The van der Waals surface area contributed by atoms with E-state index in [1.165, 1.54) is 10.7 Å². The van der Waals surface area contributed by atoms with E-state index in [0.29, 0.717) is 18.8 Å². The molecule has 2 bridgehead atoms. The van der Waals surface area contributed by atoms with Crippen LogP contribution < -0.4 is 10.6 Å². The van der Waals surface area contributed by atoms with E-state index in [4.69, 9.17) is 4.74 Å². The number of nitrogens with zero attached hydrogens (tertiary/aromatic N) is 2. The Labute approximate surface area is 187 Å². The summed E-state index contributed by atoms with van der Waals surface area (Å²) >= 11 is 0. The van der Waals surface area contributed by atoms with Crippen molar-refractivity contribution in [2.24, 2.45) is 11.8 Å². The van der Waals surface area contributed by atoms with E-state index in [1.54, 1.807) is 0 Å². The van der Waals surface area contributed by atoms with Gasteiger partial charge in [-0.25, -0.2) is 17.5 Å². The maximum absolute atomic E-state index is 12.5. The standard InChI is InChI=1S/C21H31N5O5S/c1-32(29,30)26-7-5-15(12-26)19(27)22-18-9-17(24-25-18)14-2-3-16(8-14)31-20(28)23-21-6-4-13(10-21)11-21/h9,13-16H,2-8,10-12H2,1H3,(H,23,28)(H2,22,24,25,27)/t13?,14-,15+,16+,21?/m0/s1. The molecule has 0 unspecified atom stereocenters. The van der Waals surface area contributed by atoms with Gasteiger partial charge in [-0.3, -0.25) is 9.89 Å². The van der Waals surface area contributed by atoms with Crippen LogP contribution in [0.4, 0.5) is 10.6 Å².